The molecule has 0 bridgehead atoms. The van der Waals surface area contributed by atoms with Crippen molar-refractivity contribution in [1.82, 2.24) is 4.57 Å². The summed E-state index contributed by atoms with van der Waals surface area (Å²) >= 11 is 3.22. The van der Waals surface area contributed by atoms with Crippen molar-refractivity contribution in [3.8, 4) is 0 Å². The Balaban J connectivity index is 1.89. The van der Waals surface area contributed by atoms with Gasteiger partial charge < -0.3 is 9.30 Å². The van der Waals surface area contributed by atoms with E-state index in [2.05, 4.69) is 9.56 Å². The molecule has 3 rings (SSSR count). The number of ether oxygens (including phenoxy) is 1. The van der Waals surface area contributed by atoms with Crippen molar-refractivity contribution < 1.29 is 9.53 Å². The summed E-state index contributed by atoms with van der Waals surface area (Å²) in [5.74, 6) is -0.130. The van der Waals surface area contributed by atoms with Crippen molar-refractivity contribution in [2.45, 2.75) is 17.9 Å². The minimum Gasteiger partial charge on any atom is -0.383 e. The van der Waals surface area contributed by atoms with Crippen LogP contribution in [0.1, 0.15) is 5.56 Å². The number of para-hydroxylation sites is 1. The van der Waals surface area contributed by atoms with E-state index in [0.717, 1.165) is 20.6 Å². The molecule has 0 radical (unpaired) electrons. The number of methoxy groups -OCH3 is 1. The zero-order valence-corrected chi connectivity index (χ0v) is 15.9. The van der Waals surface area contributed by atoms with E-state index in [1.807, 2.05) is 54.8 Å². The van der Waals surface area contributed by atoms with Crippen molar-refractivity contribution in [1.29, 1.82) is 0 Å². The fourth-order valence-electron chi connectivity index (χ4n) is 2.57. The average Bonchev–Trinajstić information content (AvgIpc) is 2.97. The highest BCUT2D eigenvalue weighted by Gasteiger charge is 2.08. The van der Waals surface area contributed by atoms with Crippen molar-refractivity contribution in [2.75, 3.05) is 20.0 Å². The number of thiazole rings is 1. The van der Waals surface area contributed by atoms with Crippen LogP contribution in [-0.4, -0.2) is 30.4 Å². The summed E-state index contributed by atoms with van der Waals surface area (Å²) in [5.41, 5.74) is 2.07. The fourth-order valence-corrected chi connectivity index (χ4v) is 4.05. The molecule has 0 aliphatic heterocycles. The van der Waals surface area contributed by atoms with E-state index in [1.165, 1.54) is 16.2 Å². The number of rotatable bonds is 6. The van der Waals surface area contributed by atoms with Gasteiger partial charge in [-0.1, -0.05) is 35.6 Å². The molecule has 0 spiro atoms. The third-order valence-electron chi connectivity index (χ3n) is 3.84. The van der Waals surface area contributed by atoms with Gasteiger partial charge in [0.1, 0.15) is 0 Å². The summed E-state index contributed by atoms with van der Waals surface area (Å²) < 4.78 is 8.37. The maximum Gasteiger partial charge on any atom is 0.252 e. The summed E-state index contributed by atoms with van der Waals surface area (Å²) in [6, 6.07) is 16.1. The molecule has 1 heterocycles. The SMILES string of the molecule is COCCn1c(=NC(=O)Cc2ccc(SC)cc2)sc2ccccc21. The zero-order chi connectivity index (χ0) is 17.6. The maximum atomic E-state index is 12.4. The van der Waals surface area contributed by atoms with Crippen LogP contribution in [0.2, 0.25) is 0 Å². The van der Waals surface area contributed by atoms with Crippen molar-refractivity contribution in [3.05, 3.63) is 58.9 Å². The van der Waals surface area contributed by atoms with Gasteiger partial charge in [-0.05, 0) is 36.1 Å². The van der Waals surface area contributed by atoms with Crippen molar-refractivity contribution >= 4 is 39.2 Å². The standard InChI is InChI=1S/C19H20N2O2S2/c1-23-12-11-21-16-5-3-4-6-17(16)25-19(21)20-18(22)13-14-7-9-15(24-2)10-8-14/h3-10H,11-13H2,1-2H3. The third kappa shape index (κ3) is 4.39. The highest BCUT2D eigenvalue weighted by Crippen LogP contribution is 2.17. The molecule has 0 fully saturated rings. The Morgan fingerprint density at radius 3 is 2.68 bits per heavy atom. The predicted octanol–water partition coefficient (Wildman–Crippen LogP) is 3.74. The Labute approximate surface area is 155 Å². The second-order valence-corrected chi connectivity index (χ2v) is 7.42. The number of thioether (sulfide) groups is 1. The van der Waals surface area contributed by atoms with Crippen molar-refractivity contribution in [3.63, 3.8) is 0 Å². The molecular weight excluding hydrogens is 352 g/mol. The van der Waals surface area contributed by atoms with E-state index in [4.69, 9.17) is 4.74 Å². The van der Waals surface area contributed by atoms with Crippen LogP contribution in [0.25, 0.3) is 10.2 Å². The first-order valence-corrected chi connectivity index (χ1v) is 10.0. The van der Waals surface area contributed by atoms with Gasteiger partial charge in [0.25, 0.3) is 5.91 Å². The molecule has 0 N–H and O–H groups in total. The lowest BCUT2D eigenvalue weighted by atomic mass is 10.1. The topological polar surface area (TPSA) is 43.6 Å². The van der Waals surface area contributed by atoms with E-state index in [9.17, 15) is 4.79 Å². The van der Waals surface area contributed by atoms with E-state index >= 15 is 0 Å². The molecule has 25 heavy (non-hydrogen) atoms. The smallest absolute Gasteiger partial charge is 0.252 e. The third-order valence-corrected chi connectivity index (χ3v) is 5.64. The Morgan fingerprint density at radius 2 is 1.96 bits per heavy atom. The van der Waals surface area contributed by atoms with Gasteiger partial charge in [0.2, 0.25) is 0 Å². The minimum absolute atomic E-state index is 0.130. The van der Waals surface area contributed by atoms with Gasteiger partial charge in [-0.2, -0.15) is 4.99 Å². The van der Waals surface area contributed by atoms with Crippen molar-refractivity contribution in [2.24, 2.45) is 4.99 Å². The van der Waals surface area contributed by atoms with Crippen LogP contribution >= 0.6 is 23.1 Å². The van der Waals surface area contributed by atoms with Gasteiger partial charge in [-0.25, -0.2) is 0 Å². The Bertz CT molecular complexity index is 926. The predicted molar refractivity (Wildman–Crippen MR) is 104 cm³/mol. The molecule has 1 amide bonds. The number of fused-ring (bicyclic) bond motifs is 1. The molecule has 6 heteroatoms. The van der Waals surface area contributed by atoms with Gasteiger partial charge in [0.15, 0.2) is 4.80 Å². The van der Waals surface area contributed by atoms with Crippen LogP contribution in [0.3, 0.4) is 0 Å². The molecule has 1 aromatic heterocycles. The minimum atomic E-state index is -0.130. The largest absolute Gasteiger partial charge is 0.383 e. The van der Waals surface area contributed by atoms with Gasteiger partial charge in [-0.3, -0.25) is 4.79 Å². The number of hydrogen-bond donors (Lipinski definition) is 0. The van der Waals surface area contributed by atoms with Crippen LogP contribution in [0.15, 0.2) is 58.4 Å². The quantitative estimate of drug-likeness (QED) is 0.619. The summed E-state index contributed by atoms with van der Waals surface area (Å²) in [5, 5.41) is 0. The molecule has 0 unspecified atom stereocenters. The van der Waals surface area contributed by atoms with E-state index in [1.54, 1.807) is 18.9 Å². The van der Waals surface area contributed by atoms with Crippen LogP contribution in [0.5, 0.6) is 0 Å². The van der Waals surface area contributed by atoms with Crippen LogP contribution < -0.4 is 4.80 Å². The first-order chi connectivity index (χ1) is 12.2. The number of amides is 1. The van der Waals surface area contributed by atoms with Gasteiger partial charge >= 0.3 is 0 Å². The van der Waals surface area contributed by atoms with Crippen LogP contribution in [-0.2, 0) is 22.5 Å². The highest BCUT2D eigenvalue weighted by molar-refractivity contribution is 7.98. The fraction of sp³-hybridized carbons (Fsp3) is 0.263. The van der Waals surface area contributed by atoms with Gasteiger partial charge in [0, 0.05) is 18.6 Å². The summed E-state index contributed by atoms with van der Waals surface area (Å²) in [6.07, 6.45) is 2.35. The van der Waals surface area contributed by atoms with E-state index in [-0.39, 0.29) is 5.91 Å². The van der Waals surface area contributed by atoms with Gasteiger partial charge in [-0.15, -0.1) is 11.8 Å². The number of hydrogen-bond acceptors (Lipinski definition) is 4. The summed E-state index contributed by atoms with van der Waals surface area (Å²) in [6.45, 7) is 1.26. The average molecular weight is 373 g/mol. The number of carbonyl (C=O) groups excluding carboxylic acids is 1. The molecule has 4 nitrogen and oxygen atoms in total. The Hall–Kier alpha value is -1.89. The molecule has 2 aromatic carbocycles. The Kier molecular flexibility index (Phi) is 6.07. The molecule has 3 aromatic rings. The van der Waals surface area contributed by atoms with Crippen LogP contribution in [0.4, 0.5) is 0 Å². The lowest BCUT2D eigenvalue weighted by molar-refractivity contribution is -0.117. The molecule has 0 saturated heterocycles. The maximum absolute atomic E-state index is 12.4. The lowest BCUT2D eigenvalue weighted by Crippen LogP contribution is -2.19. The monoisotopic (exact) mass is 372 g/mol. The number of aromatic nitrogens is 1. The highest BCUT2D eigenvalue weighted by atomic mass is 32.2. The zero-order valence-electron chi connectivity index (χ0n) is 14.3. The molecular formula is C19H20N2O2S2. The molecule has 0 aliphatic rings. The Morgan fingerprint density at radius 1 is 1.20 bits per heavy atom. The van der Waals surface area contributed by atoms with E-state index < -0.39 is 0 Å². The molecule has 0 atom stereocenters. The van der Waals surface area contributed by atoms with Crippen LogP contribution in [0, 0.1) is 0 Å². The number of benzene rings is 2. The van der Waals surface area contributed by atoms with E-state index in [0.29, 0.717) is 19.6 Å². The second kappa shape index (κ2) is 8.47. The lowest BCUT2D eigenvalue weighted by Gasteiger charge is -2.04. The molecule has 130 valence electrons. The molecule has 0 saturated carbocycles. The second-order valence-electron chi connectivity index (χ2n) is 5.53. The first-order valence-electron chi connectivity index (χ1n) is 7.99. The first kappa shape index (κ1) is 17.9. The number of nitrogens with zero attached hydrogens (tertiary/aromatic N) is 2. The number of carbonyl (C=O) groups is 1. The summed E-state index contributed by atoms with van der Waals surface area (Å²) in [4.78, 5) is 18.7. The van der Waals surface area contributed by atoms with Gasteiger partial charge in [0.05, 0.1) is 23.2 Å². The molecule has 0 aliphatic carbocycles. The summed E-state index contributed by atoms with van der Waals surface area (Å²) in [7, 11) is 1.68. The normalized spacial score (nSPS) is 12.0.